The zero-order valence-electron chi connectivity index (χ0n) is 15.8. The molecule has 1 aromatic heterocycles. The molecule has 0 saturated carbocycles. The Morgan fingerprint density at radius 3 is 2.46 bits per heavy atom. The average molecular weight is 381 g/mol. The first-order chi connectivity index (χ1) is 12.5. The van der Waals surface area contributed by atoms with Gasteiger partial charge in [-0.25, -0.2) is 9.97 Å². The SMILES string of the molecule is CCO[PH](=O)CC.COc1cc(CCNc2ncccn2)cc(C)c1O. The highest BCUT2D eigenvalue weighted by Crippen LogP contribution is 2.30. The van der Waals surface area contributed by atoms with E-state index >= 15 is 0 Å². The minimum Gasteiger partial charge on any atom is -0.504 e. The van der Waals surface area contributed by atoms with Crippen molar-refractivity contribution in [3.63, 3.8) is 0 Å². The van der Waals surface area contributed by atoms with Crippen molar-refractivity contribution in [1.29, 1.82) is 0 Å². The molecule has 1 atom stereocenters. The van der Waals surface area contributed by atoms with Crippen LogP contribution < -0.4 is 10.1 Å². The molecule has 0 amide bonds. The van der Waals surface area contributed by atoms with Gasteiger partial charge in [0.1, 0.15) is 0 Å². The lowest BCUT2D eigenvalue weighted by Crippen LogP contribution is -2.07. The molecular formula is C18H28N3O4P. The van der Waals surface area contributed by atoms with Gasteiger partial charge >= 0.3 is 0 Å². The molecule has 8 heteroatoms. The molecule has 1 heterocycles. The summed E-state index contributed by atoms with van der Waals surface area (Å²) in [6.07, 6.45) is 4.86. The quantitative estimate of drug-likeness (QED) is 0.674. The van der Waals surface area contributed by atoms with Crippen molar-refractivity contribution in [2.75, 3.05) is 31.7 Å². The fourth-order valence-electron chi connectivity index (χ4n) is 2.09. The maximum Gasteiger partial charge on any atom is 0.222 e. The number of nitrogens with one attached hydrogen (secondary N) is 1. The second-order valence-electron chi connectivity index (χ2n) is 5.37. The van der Waals surface area contributed by atoms with E-state index in [4.69, 9.17) is 9.26 Å². The lowest BCUT2D eigenvalue weighted by Gasteiger charge is -2.10. The molecule has 0 fully saturated rings. The maximum atomic E-state index is 10.4. The van der Waals surface area contributed by atoms with Crippen LogP contribution >= 0.6 is 8.03 Å². The number of hydrogen-bond donors (Lipinski definition) is 2. The molecule has 0 aliphatic carbocycles. The van der Waals surface area contributed by atoms with Crippen molar-refractivity contribution < 1.29 is 18.9 Å². The van der Waals surface area contributed by atoms with Gasteiger partial charge in [0.2, 0.25) is 5.95 Å². The van der Waals surface area contributed by atoms with E-state index in [-0.39, 0.29) is 5.75 Å². The maximum absolute atomic E-state index is 10.4. The number of phenols is 1. The molecule has 0 bridgehead atoms. The third-order valence-electron chi connectivity index (χ3n) is 3.40. The van der Waals surface area contributed by atoms with E-state index in [1.807, 2.05) is 32.9 Å². The van der Waals surface area contributed by atoms with Crippen molar-refractivity contribution in [3.05, 3.63) is 41.7 Å². The lowest BCUT2D eigenvalue weighted by molar-refractivity contribution is 0.351. The Balaban J connectivity index is 0.000000412. The number of aromatic nitrogens is 2. The zero-order chi connectivity index (χ0) is 19.4. The number of hydrogen-bond acceptors (Lipinski definition) is 7. The molecular weight excluding hydrogens is 353 g/mol. The van der Waals surface area contributed by atoms with Gasteiger partial charge in [-0.1, -0.05) is 13.0 Å². The van der Waals surface area contributed by atoms with E-state index in [0.29, 0.717) is 24.5 Å². The Morgan fingerprint density at radius 2 is 1.92 bits per heavy atom. The highest BCUT2D eigenvalue weighted by atomic mass is 31.1. The van der Waals surface area contributed by atoms with Gasteiger partial charge in [0.15, 0.2) is 19.5 Å². The zero-order valence-corrected chi connectivity index (χ0v) is 16.8. The Morgan fingerprint density at radius 1 is 1.23 bits per heavy atom. The van der Waals surface area contributed by atoms with Crippen LogP contribution in [0.3, 0.4) is 0 Å². The number of ether oxygens (including phenoxy) is 1. The molecule has 0 aliphatic rings. The summed E-state index contributed by atoms with van der Waals surface area (Å²) in [5, 5.41) is 12.9. The van der Waals surface area contributed by atoms with Crippen LogP contribution in [0.2, 0.25) is 0 Å². The summed E-state index contributed by atoms with van der Waals surface area (Å²) in [6.45, 7) is 6.85. The molecule has 26 heavy (non-hydrogen) atoms. The predicted octanol–water partition coefficient (Wildman–Crippen LogP) is 3.67. The number of rotatable bonds is 8. The smallest absolute Gasteiger partial charge is 0.222 e. The summed E-state index contributed by atoms with van der Waals surface area (Å²) < 4.78 is 20.2. The van der Waals surface area contributed by atoms with Crippen LogP contribution in [0.4, 0.5) is 5.95 Å². The normalized spacial score (nSPS) is 11.2. The Bertz CT molecular complexity index is 684. The molecule has 144 valence electrons. The van der Waals surface area contributed by atoms with Gasteiger partial charge < -0.3 is 19.7 Å². The van der Waals surface area contributed by atoms with E-state index in [2.05, 4.69) is 15.3 Å². The van der Waals surface area contributed by atoms with Crippen LogP contribution in [-0.2, 0) is 15.5 Å². The predicted molar refractivity (Wildman–Crippen MR) is 105 cm³/mol. The molecule has 2 rings (SSSR count). The number of phenolic OH excluding ortho intramolecular Hbond substituents is 1. The second-order valence-corrected chi connectivity index (χ2v) is 7.11. The van der Waals surface area contributed by atoms with Gasteiger partial charge in [-0.2, -0.15) is 0 Å². The van der Waals surface area contributed by atoms with Crippen LogP contribution in [0.15, 0.2) is 30.6 Å². The number of aryl methyl sites for hydroxylation is 1. The first-order valence-corrected chi connectivity index (χ1v) is 10.1. The Labute approximate surface area is 155 Å². The fraction of sp³-hybridized carbons (Fsp3) is 0.444. The highest BCUT2D eigenvalue weighted by Gasteiger charge is 2.07. The number of methoxy groups -OCH3 is 1. The molecule has 0 saturated heterocycles. The molecule has 1 unspecified atom stereocenters. The van der Waals surface area contributed by atoms with Crippen LogP contribution in [-0.4, -0.2) is 41.5 Å². The minimum absolute atomic E-state index is 0.200. The van der Waals surface area contributed by atoms with Crippen molar-refractivity contribution in [1.82, 2.24) is 9.97 Å². The molecule has 0 radical (unpaired) electrons. The standard InChI is InChI=1S/C14H17N3O2.C4H11O2P/c1-10-8-11(9-12(19-2)13(10)18)4-7-17-14-15-5-3-6-16-14;1-3-6-7(5)4-2/h3,5-6,8-9,18H,4,7H2,1-2H3,(H,15,16,17);7H,3-4H2,1-2H3. The summed E-state index contributed by atoms with van der Waals surface area (Å²) >= 11 is 0. The lowest BCUT2D eigenvalue weighted by atomic mass is 10.1. The topological polar surface area (TPSA) is 93.6 Å². The van der Waals surface area contributed by atoms with Crippen molar-refractivity contribution >= 4 is 14.0 Å². The second kappa shape index (κ2) is 12.3. The summed E-state index contributed by atoms with van der Waals surface area (Å²) in [4.78, 5) is 8.18. The van der Waals surface area contributed by atoms with E-state index in [1.54, 1.807) is 25.6 Å². The molecule has 0 spiro atoms. The summed E-state index contributed by atoms with van der Waals surface area (Å²) in [5.41, 5.74) is 1.90. The van der Waals surface area contributed by atoms with Crippen molar-refractivity contribution in [2.45, 2.75) is 27.2 Å². The Hall–Kier alpha value is -2.11. The number of aromatic hydroxyl groups is 1. The largest absolute Gasteiger partial charge is 0.504 e. The van der Waals surface area contributed by atoms with Crippen molar-refractivity contribution in [2.24, 2.45) is 0 Å². The van der Waals surface area contributed by atoms with E-state index in [1.165, 1.54) is 0 Å². The van der Waals surface area contributed by atoms with Crippen LogP contribution in [0.25, 0.3) is 0 Å². The van der Waals surface area contributed by atoms with Gasteiger partial charge in [0.05, 0.1) is 13.7 Å². The summed E-state index contributed by atoms with van der Waals surface area (Å²) in [7, 11) is -0.0800. The monoisotopic (exact) mass is 381 g/mol. The third-order valence-corrected chi connectivity index (χ3v) is 4.59. The first-order valence-electron chi connectivity index (χ1n) is 8.54. The summed E-state index contributed by atoms with van der Waals surface area (Å²) in [6, 6.07) is 5.57. The van der Waals surface area contributed by atoms with Crippen molar-refractivity contribution in [3.8, 4) is 11.5 Å². The first kappa shape index (κ1) is 21.9. The summed E-state index contributed by atoms with van der Waals surface area (Å²) in [5.74, 6) is 1.32. The third kappa shape index (κ3) is 7.85. The van der Waals surface area contributed by atoms with E-state index < -0.39 is 8.03 Å². The fourth-order valence-corrected chi connectivity index (χ4v) is 2.62. The molecule has 1 aromatic carbocycles. The Kier molecular flexibility index (Phi) is 10.4. The number of anilines is 1. The van der Waals surface area contributed by atoms with Gasteiger partial charge in [0, 0.05) is 25.1 Å². The number of nitrogens with zero attached hydrogens (tertiary/aromatic N) is 2. The van der Waals surface area contributed by atoms with Gasteiger partial charge in [-0.3, -0.25) is 4.57 Å². The highest BCUT2D eigenvalue weighted by molar-refractivity contribution is 7.39. The molecule has 0 aliphatic heterocycles. The van der Waals surface area contributed by atoms with Gasteiger partial charge in [0.25, 0.3) is 0 Å². The van der Waals surface area contributed by atoms with Gasteiger partial charge in [-0.05, 0) is 43.5 Å². The van der Waals surface area contributed by atoms with Gasteiger partial charge in [-0.15, -0.1) is 0 Å². The van der Waals surface area contributed by atoms with E-state index in [0.717, 1.165) is 24.1 Å². The van der Waals surface area contributed by atoms with Crippen LogP contribution in [0.1, 0.15) is 25.0 Å². The molecule has 2 N–H and O–H groups in total. The minimum atomic E-state index is -1.63. The van der Waals surface area contributed by atoms with Crippen LogP contribution in [0, 0.1) is 6.92 Å². The average Bonchev–Trinajstić information content (AvgIpc) is 2.66. The van der Waals surface area contributed by atoms with Crippen LogP contribution in [0.5, 0.6) is 11.5 Å². The van der Waals surface area contributed by atoms with E-state index in [9.17, 15) is 9.67 Å². The number of benzene rings is 1. The molecule has 2 aromatic rings. The molecule has 7 nitrogen and oxygen atoms in total.